The van der Waals surface area contributed by atoms with Gasteiger partial charge in [-0.3, -0.25) is 9.10 Å². The summed E-state index contributed by atoms with van der Waals surface area (Å²) in [6.07, 6.45) is 0. The van der Waals surface area contributed by atoms with Gasteiger partial charge in [-0.15, -0.1) is 0 Å². The molecule has 0 atom stereocenters. The molecular formula is C25H24FN3O3S. The summed E-state index contributed by atoms with van der Waals surface area (Å²) in [6.45, 7) is 3.86. The molecule has 0 aromatic heterocycles. The molecule has 0 bridgehead atoms. The third kappa shape index (κ3) is 3.84. The van der Waals surface area contributed by atoms with Crippen LogP contribution >= 0.6 is 0 Å². The molecule has 0 aliphatic carbocycles. The van der Waals surface area contributed by atoms with Crippen LogP contribution < -0.4 is 9.21 Å². The van der Waals surface area contributed by atoms with E-state index in [1.165, 1.54) is 16.4 Å². The number of halogens is 1. The number of hydrogen-bond acceptors (Lipinski definition) is 4. The van der Waals surface area contributed by atoms with Crippen LogP contribution in [0.1, 0.15) is 5.56 Å². The highest BCUT2D eigenvalue weighted by Crippen LogP contribution is 2.43. The Labute approximate surface area is 192 Å². The number of benzene rings is 3. The molecule has 6 nitrogen and oxygen atoms in total. The van der Waals surface area contributed by atoms with E-state index in [2.05, 4.69) is 4.90 Å². The Morgan fingerprint density at radius 2 is 1.61 bits per heavy atom. The Morgan fingerprint density at radius 1 is 0.909 bits per heavy atom. The molecule has 1 saturated heterocycles. The van der Waals surface area contributed by atoms with Gasteiger partial charge >= 0.3 is 0 Å². The highest BCUT2D eigenvalue weighted by Gasteiger charge is 2.37. The molecule has 0 unspecified atom stereocenters. The Balaban J connectivity index is 1.37. The number of fused-ring (bicyclic) bond motifs is 3. The second-order valence-corrected chi connectivity index (χ2v) is 10.2. The number of rotatable bonds is 3. The van der Waals surface area contributed by atoms with Gasteiger partial charge in [0.05, 0.1) is 10.6 Å². The molecule has 1 fully saturated rings. The molecule has 2 aliphatic rings. The van der Waals surface area contributed by atoms with Gasteiger partial charge in [0.2, 0.25) is 5.91 Å². The Morgan fingerprint density at radius 3 is 2.33 bits per heavy atom. The van der Waals surface area contributed by atoms with Gasteiger partial charge in [-0.25, -0.2) is 12.8 Å². The number of carbonyl (C=O) groups is 1. The van der Waals surface area contributed by atoms with Gasteiger partial charge in [0, 0.05) is 43.0 Å². The van der Waals surface area contributed by atoms with Crippen LogP contribution in [0.5, 0.6) is 0 Å². The van der Waals surface area contributed by atoms with Gasteiger partial charge in [-0.2, -0.15) is 0 Å². The van der Waals surface area contributed by atoms with Gasteiger partial charge in [0.15, 0.2) is 0 Å². The zero-order valence-electron chi connectivity index (χ0n) is 18.2. The minimum Gasteiger partial charge on any atom is -0.368 e. The van der Waals surface area contributed by atoms with Crippen LogP contribution in [0.2, 0.25) is 0 Å². The summed E-state index contributed by atoms with van der Waals surface area (Å²) in [5, 5.41) is 0. The van der Waals surface area contributed by atoms with Crippen molar-refractivity contribution < 1.29 is 17.6 Å². The van der Waals surface area contributed by atoms with Crippen molar-refractivity contribution in [1.29, 1.82) is 0 Å². The molecule has 0 radical (unpaired) electrons. The standard InChI is InChI=1S/C25H24FN3O3S/c1-18-6-11-23-22(16-18)21-4-2-3-5-24(21)33(31,32)29(23)17-25(30)28-14-12-27(13-15-28)20-9-7-19(26)8-10-20/h2-11,16H,12-15,17H2,1H3. The third-order valence-electron chi connectivity index (χ3n) is 6.27. The summed E-state index contributed by atoms with van der Waals surface area (Å²) in [6, 6.07) is 18.8. The molecule has 0 N–H and O–H groups in total. The molecule has 33 heavy (non-hydrogen) atoms. The maximum Gasteiger partial charge on any atom is 0.265 e. The molecule has 2 aliphatic heterocycles. The van der Waals surface area contributed by atoms with Crippen molar-refractivity contribution in [3.05, 3.63) is 78.1 Å². The molecule has 0 saturated carbocycles. The number of amides is 1. The van der Waals surface area contributed by atoms with E-state index in [4.69, 9.17) is 0 Å². The topological polar surface area (TPSA) is 60.9 Å². The van der Waals surface area contributed by atoms with Crippen LogP contribution in [0.15, 0.2) is 71.6 Å². The van der Waals surface area contributed by atoms with Crippen LogP contribution in [0.3, 0.4) is 0 Å². The fourth-order valence-corrected chi connectivity index (χ4v) is 6.15. The van der Waals surface area contributed by atoms with Gasteiger partial charge in [0.25, 0.3) is 10.0 Å². The minimum absolute atomic E-state index is 0.219. The molecule has 8 heteroatoms. The SMILES string of the molecule is Cc1ccc2c(c1)-c1ccccc1S(=O)(=O)N2CC(=O)N1CCN(c2ccc(F)cc2)CC1. The summed E-state index contributed by atoms with van der Waals surface area (Å²) in [7, 11) is -3.86. The van der Waals surface area contributed by atoms with Crippen molar-refractivity contribution in [2.45, 2.75) is 11.8 Å². The highest BCUT2D eigenvalue weighted by molar-refractivity contribution is 7.93. The van der Waals surface area contributed by atoms with Crippen LogP contribution in [0.25, 0.3) is 11.1 Å². The van der Waals surface area contributed by atoms with Crippen molar-refractivity contribution in [2.24, 2.45) is 0 Å². The first-order chi connectivity index (χ1) is 15.8. The van der Waals surface area contributed by atoms with E-state index in [-0.39, 0.29) is 23.2 Å². The second-order valence-electron chi connectivity index (χ2n) is 8.37. The summed E-state index contributed by atoms with van der Waals surface area (Å²) in [4.78, 5) is 17.2. The maximum atomic E-state index is 13.5. The fraction of sp³-hybridized carbons (Fsp3) is 0.240. The van der Waals surface area contributed by atoms with E-state index >= 15 is 0 Å². The van der Waals surface area contributed by atoms with E-state index in [0.717, 1.165) is 16.8 Å². The van der Waals surface area contributed by atoms with Crippen molar-refractivity contribution in [2.75, 3.05) is 41.9 Å². The van der Waals surface area contributed by atoms with Crippen molar-refractivity contribution in [3.63, 3.8) is 0 Å². The van der Waals surface area contributed by atoms with E-state index < -0.39 is 10.0 Å². The largest absolute Gasteiger partial charge is 0.368 e. The van der Waals surface area contributed by atoms with Crippen molar-refractivity contribution in [3.8, 4) is 11.1 Å². The van der Waals surface area contributed by atoms with Crippen LogP contribution in [0, 0.1) is 12.7 Å². The van der Waals surface area contributed by atoms with Crippen molar-refractivity contribution >= 4 is 27.3 Å². The minimum atomic E-state index is -3.86. The average Bonchev–Trinajstić information content (AvgIpc) is 2.82. The molecule has 170 valence electrons. The van der Waals surface area contributed by atoms with E-state index in [9.17, 15) is 17.6 Å². The number of aryl methyl sites for hydroxylation is 1. The molecule has 1 amide bonds. The molecule has 3 aromatic carbocycles. The summed E-state index contributed by atoms with van der Waals surface area (Å²) < 4.78 is 41.3. The number of sulfonamides is 1. The van der Waals surface area contributed by atoms with Crippen LogP contribution in [-0.4, -0.2) is 51.9 Å². The van der Waals surface area contributed by atoms with Gasteiger partial charge in [-0.05, 0) is 49.4 Å². The van der Waals surface area contributed by atoms with Gasteiger partial charge < -0.3 is 9.80 Å². The van der Waals surface area contributed by atoms with Crippen molar-refractivity contribution in [1.82, 2.24) is 4.90 Å². The number of anilines is 2. The van der Waals surface area contributed by atoms with Crippen LogP contribution in [0.4, 0.5) is 15.8 Å². The number of hydrogen-bond donors (Lipinski definition) is 0. The average molecular weight is 466 g/mol. The van der Waals surface area contributed by atoms with E-state index in [1.54, 1.807) is 41.3 Å². The normalized spacial score (nSPS) is 16.8. The van der Waals surface area contributed by atoms with Crippen LogP contribution in [-0.2, 0) is 14.8 Å². The first-order valence-corrected chi connectivity index (χ1v) is 12.3. The molecule has 3 aromatic rings. The Hall–Kier alpha value is -3.39. The fourth-order valence-electron chi connectivity index (χ4n) is 4.50. The zero-order valence-corrected chi connectivity index (χ0v) is 19.1. The Kier molecular flexibility index (Phi) is 5.32. The second kappa shape index (κ2) is 8.19. The number of carbonyl (C=O) groups excluding carboxylic acids is 1. The predicted molar refractivity (Wildman–Crippen MR) is 126 cm³/mol. The van der Waals surface area contributed by atoms with E-state index in [0.29, 0.717) is 37.4 Å². The van der Waals surface area contributed by atoms with Gasteiger partial charge in [0.1, 0.15) is 12.4 Å². The quantitative estimate of drug-likeness (QED) is 0.592. The Bertz CT molecular complexity index is 1320. The molecule has 2 heterocycles. The monoisotopic (exact) mass is 465 g/mol. The zero-order chi connectivity index (χ0) is 23.2. The highest BCUT2D eigenvalue weighted by atomic mass is 32.2. The molecule has 0 spiro atoms. The first-order valence-electron chi connectivity index (χ1n) is 10.9. The third-order valence-corrected chi connectivity index (χ3v) is 8.09. The number of nitrogens with zero attached hydrogens (tertiary/aromatic N) is 3. The summed E-state index contributed by atoms with van der Waals surface area (Å²) in [5.41, 5.74) is 3.92. The lowest BCUT2D eigenvalue weighted by Gasteiger charge is -2.38. The molecular weight excluding hydrogens is 441 g/mol. The lowest BCUT2D eigenvalue weighted by Crippen LogP contribution is -2.52. The lowest BCUT2D eigenvalue weighted by molar-refractivity contribution is -0.129. The maximum absolute atomic E-state index is 13.5. The molecule has 5 rings (SSSR count). The summed E-state index contributed by atoms with van der Waals surface area (Å²) >= 11 is 0. The van der Waals surface area contributed by atoms with Gasteiger partial charge in [-0.1, -0.05) is 29.8 Å². The summed E-state index contributed by atoms with van der Waals surface area (Å²) in [5.74, 6) is -0.518. The predicted octanol–water partition coefficient (Wildman–Crippen LogP) is 3.66. The number of piperazine rings is 1. The smallest absolute Gasteiger partial charge is 0.265 e. The lowest BCUT2D eigenvalue weighted by atomic mass is 10.0. The first kappa shape index (κ1) is 21.5. The van der Waals surface area contributed by atoms with E-state index in [1.807, 2.05) is 25.1 Å².